The van der Waals surface area contributed by atoms with Crippen LogP contribution < -0.4 is 15.5 Å². The summed E-state index contributed by atoms with van der Waals surface area (Å²) in [5.41, 5.74) is 7.87. The number of nitrogens with one attached hydrogen (secondary N) is 2. The number of thiocarbonyl (C=S) groups is 1. The molecule has 0 unspecified atom stereocenters. The van der Waals surface area contributed by atoms with E-state index in [1.54, 1.807) is 13.3 Å². The molecule has 0 radical (unpaired) electrons. The fourth-order valence-electron chi connectivity index (χ4n) is 2.80. The van der Waals surface area contributed by atoms with E-state index in [-0.39, 0.29) is 0 Å². The highest BCUT2D eigenvalue weighted by Gasteiger charge is 2.10. The summed E-state index contributed by atoms with van der Waals surface area (Å²) in [7, 11) is 1.63. The Bertz CT molecular complexity index is 964. The summed E-state index contributed by atoms with van der Waals surface area (Å²) < 4.78 is 7.13. The third-order valence-electron chi connectivity index (χ3n) is 4.32. The van der Waals surface area contributed by atoms with E-state index >= 15 is 0 Å². The molecule has 3 aromatic rings. The van der Waals surface area contributed by atoms with Gasteiger partial charge in [-0.2, -0.15) is 10.2 Å². The van der Waals surface area contributed by atoms with Crippen molar-refractivity contribution in [2.75, 3.05) is 12.4 Å². The van der Waals surface area contributed by atoms with Gasteiger partial charge in [-0.3, -0.25) is 10.1 Å². The van der Waals surface area contributed by atoms with Gasteiger partial charge in [-0.05, 0) is 55.9 Å². The van der Waals surface area contributed by atoms with Crippen molar-refractivity contribution >= 4 is 29.2 Å². The number of aryl methyl sites for hydroxylation is 1. The summed E-state index contributed by atoms with van der Waals surface area (Å²) in [5, 5.41) is 12.4. The van der Waals surface area contributed by atoms with Crippen molar-refractivity contribution in [3.63, 3.8) is 0 Å². The average Bonchev–Trinajstić information content (AvgIpc) is 2.96. The second-order valence-electron chi connectivity index (χ2n) is 6.28. The molecule has 6 nitrogen and oxygen atoms in total. The Morgan fingerprint density at radius 3 is 2.54 bits per heavy atom. The topological polar surface area (TPSA) is 63.5 Å². The zero-order valence-corrected chi connectivity index (χ0v) is 17.0. The van der Waals surface area contributed by atoms with Gasteiger partial charge in [0, 0.05) is 16.9 Å². The summed E-state index contributed by atoms with van der Waals surface area (Å²) in [4.78, 5) is 0. The minimum atomic E-state index is 0.411. The Morgan fingerprint density at radius 2 is 1.86 bits per heavy atom. The van der Waals surface area contributed by atoms with Gasteiger partial charge >= 0.3 is 0 Å². The lowest BCUT2D eigenvalue weighted by atomic mass is 10.2. The summed E-state index contributed by atoms with van der Waals surface area (Å²) in [6.07, 6.45) is 1.75. The second-order valence-corrected chi connectivity index (χ2v) is 6.69. The maximum absolute atomic E-state index is 5.28. The molecule has 0 saturated carbocycles. The molecule has 144 valence electrons. The second kappa shape index (κ2) is 9.14. The molecular weight excluding hydrogens is 370 g/mol. The Morgan fingerprint density at radius 1 is 1.14 bits per heavy atom. The monoisotopic (exact) mass is 393 g/mol. The highest BCUT2D eigenvalue weighted by atomic mass is 32.1. The van der Waals surface area contributed by atoms with Crippen LogP contribution in [0.1, 0.15) is 22.5 Å². The molecule has 0 fully saturated rings. The van der Waals surface area contributed by atoms with Gasteiger partial charge in [0.25, 0.3) is 0 Å². The molecule has 0 bridgehead atoms. The normalized spacial score (nSPS) is 10.8. The van der Waals surface area contributed by atoms with Crippen molar-refractivity contribution in [1.82, 2.24) is 15.2 Å². The number of aromatic nitrogens is 2. The molecule has 0 spiro atoms. The number of hydrazone groups is 1. The lowest BCUT2D eigenvalue weighted by Gasteiger charge is -2.07. The van der Waals surface area contributed by atoms with E-state index in [0.29, 0.717) is 5.11 Å². The minimum absolute atomic E-state index is 0.411. The molecule has 1 aromatic heterocycles. The fraction of sp³-hybridized carbons (Fsp3) is 0.190. The molecule has 0 aliphatic carbocycles. The smallest absolute Gasteiger partial charge is 0.191 e. The van der Waals surface area contributed by atoms with Crippen LogP contribution in [0.5, 0.6) is 5.75 Å². The maximum Gasteiger partial charge on any atom is 0.191 e. The number of rotatable bonds is 6. The Hall–Kier alpha value is -3.19. The fourth-order valence-corrected chi connectivity index (χ4v) is 2.97. The van der Waals surface area contributed by atoms with Crippen LogP contribution in [-0.4, -0.2) is 28.2 Å². The average molecular weight is 394 g/mol. The first-order valence-corrected chi connectivity index (χ1v) is 9.29. The van der Waals surface area contributed by atoms with Crippen LogP contribution in [0.4, 0.5) is 5.69 Å². The van der Waals surface area contributed by atoms with Crippen LogP contribution in [0.2, 0.25) is 0 Å². The lowest BCUT2D eigenvalue weighted by molar-refractivity contribution is 0.415. The van der Waals surface area contributed by atoms with Gasteiger partial charge in [-0.1, -0.05) is 30.3 Å². The molecule has 0 saturated heterocycles. The number of hydrogen-bond donors (Lipinski definition) is 2. The molecule has 0 atom stereocenters. The third kappa shape index (κ3) is 4.95. The zero-order chi connectivity index (χ0) is 19.9. The first-order valence-electron chi connectivity index (χ1n) is 8.89. The third-order valence-corrected chi connectivity index (χ3v) is 4.51. The van der Waals surface area contributed by atoms with E-state index in [2.05, 4.69) is 33.1 Å². The molecular formula is C21H23N5OS. The van der Waals surface area contributed by atoms with Gasteiger partial charge in [0.05, 0.1) is 25.6 Å². The molecule has 2 N–H and O–H groups in total. The number of hydrogen-bond acceptors (Lipinski definition) is 4. The number of nitrogens with zero attached hydrogens (tertiary/aromatic N) is 3. The molecule has 0 aliphatic rings. The quantitative estimate of drug-likeness (QED) is 0.378. The van der Waals surface area contributed by atoms with Crippen molar-refractivity contribution in [1.29, 1.82) is 0 Å². The van der Waals surface area contributed by atoms with Gasteiger partial charge in [-0.15, -0.1) is 0 Å². The van der Waals surface area contributed by atoms with E-state index in [9.17, 15) is 0 Å². The van der Waals surface area contributed by atoms with E-state index in [0.717, 1.165) is 34.9 Å². The first-order chi connectivity index (χ1) is 13.6. The van der Waals surface area contributed by atoms with E-state index in [1.807, 2.05) is 61.0 Å². The van der Waals surface area contributed by atoms with Gasteiger partial charge in [0.1, 0.15) is 5.75 Å². The highest BCUT2D eigenvalue weighted by Crippen LogP contribution is 2.15. The highest BCUT2D eigenvalue weighted by molar-refractivity contribution is 7.80. The summed E-state index contributed by atoms with van der Waals surface area (Å²) >= 11 is 5.28. The number of ether oxygens (including phenoxy) is 1. The predicted molar refractivity (Wildman–Crippen MR) is 117 cm³/mol. The zero-order valence-electron chi connectivity index (χ0n) is 16.1. The van der Waals surface area contributed by atoms with Crippen LogP contribution in [0.3, 0.4) is 0 Å². The molecule has 7 heteroatoms. The molecule has 0 amide bonds. The number of anilines is 1. The molecule has 2 aromatic carbocycles. The SMILES string of the molecule is COc1ccc(NC(=S)N/N=C/c2c(C)nn(Cc3ccccc3)c2C)cc1. The van der Waals surface area contributed by atoms with E-state index < -0.39 is 0 Å². The summed E-state index contributed by atoms with van der Waals surface area (Å²) in [6, 6.07) is 17.8. The van der Waals surface area contributed by atoms with Crippen LogP contribution >= 0.6 is 12.2 Å². The van der Waals surface area contributed by atoms with Gasteiger partial charge in [0.15, 0.2) is 5.11 Å². The van der Waals surface area contributed by atoms with E-state index in [4.69, 9.17) is 17.0 Å². The Labute approximate surface area is 170 Å². The minimum Gasteiger partial charge on any atom is -0.497 e. The van der Waals surface area contributed by atoms with Crippen molar-refractivity contribution in [3.05, 3.63) is 77.1 Å². The number of benzene rings is 2. The van der Waals surface area contributed by atoms with Crippen molar-refractivity contribution in [3.8, 4) is 5.75 Å². The van der Waals surface area contributed by atoms with Gasteiger partial charge in [0.2, 0.25) is 0 Å². The lowest BCUT2D eigenvalue weighted by Crippen LogP contribution is -2.23. The largest absolute Gasteiger partial charge is 0.497 e. The van der Waals surface area contributed by atoms with Crippen molar-refractivity contribution < 1.29 is 4.74 Å². The number of methoxy groups -OCH3 is 1. The summed E-state index contributed by atoms with van der Waals surface area (Å²) in [6.45, 7) is 4.74. The van der Waals surface area contributed by atoms with Crippen LogP contribution in [-0.2, 0) is 6.54 Å². The molecule has 0 aliphatic heterocycles. The maximum atomic E-state index is 5.28. The van der Waals surface area contributed by atoms with Gasteiger partial charge in [-0.25, -0.2) is 0 Å². The van der Waals surface area contributed by atoms with E-state index in [1.165, 1.54) is 5.56 Å². The summed E-state index contributed by atoms with van der Waals surface area (Å²) in [5.74, 6) is 0.793. The van der Waals surface area contributed by atoms with Gasteiger partial charge < -0.3 is 10.1 Å². The Balaban J connectivity index is 1.61. The van der Waals surface area contributed by atoms with Crippen LogP contribution in [0.15, 0.2) is 59.7 Å². The van der Waals surface area contributed by atoms with Crippen molar-refractivity contribution in [2.45, 2.75) is 20.4 Å². The molecule has 3 rings (SSSR count). The Kier molecular flexibility index (Phi) is 6.39. The first kappa shape index (κ1) is 19.6. The standard InChI is InChI=1S/C21H23N5OS/c1-15-20(16(2)26(25-15)14-17-7-5-4-6-8-17)13-22-24-21(28)23-18-9-11-19(27-3)12-10-18/h4-13H,14H2,1-3H3,(H2,23,24,28)/b22-13+. The predicted octanol–water partition coefficient (Wildman–Crippen LogP) is 3.88. The molecule has 1 heterocycles. The van der Waals surface area contributed by atoms with Crippen molar-refractivity contribution in [2.24, 2.45) is 5.10 Å². The van der Waals surface area contributed by atoms with Crippen LogP contribution in [0.25, 0.3) is 0 Å². The van der Waals surface area contributed by atoms with Crippen LogP contribution in [0, 0.1) is 13.8 Å². The molecule has 28 heavy (non-hydrogen) atoms.